The fourth-order valence-corrected chi connectivity index (χ4v) is 2.73. The van der Waals surface area contributed by atoms with Crippen molar-refractivity contribution in [3.8, 4) is 0 Å². The van der Waals surface area contributed by atoms with E-state index in [0.717, 1.165) is 12.0 Å². The molecule has 0 bridgehead atoms. The number of anilines is 1. The molecule has 0 aliphatic heterocycles. The van der Waals surface area contributed by atoms with Crippen molar-refractivity contribution in [2.75, 3.05) is 12.1 Å². The molecule has 1 aromatic heterocycles. The summed E-state index contributed by atoms with van der Waals surface area (Å²) < 4.78 is 14.0. The molecule has 0 aliphatic carbocycles. The molecular weight excluding hydrogens is 453 g/mol. The van der Waals surface area contributed by atoms with Gasteiger partial charge in [-0.2, -0.15) is 0 Å². The van der Waals surface area contributed by atoms with Crippen molar-refractivity contribution < 1.29 is 4.39 Å². The molecule has 200 valence electrons. The average molecular weight is 500 g/mol. The van der Waals surface area contributed by atoms with E-state index in [1.807, 2.05) is 70.1 Å². The molecule has 0 saturated carbocycles. The molecule has 0 saturated heterocycles. The minimum Gasteiger partial charge on any atom is -0.390 e. The zero-order chi connectivity index (χ0) is 27.8. The fourth-order valence-electron chi connectivity index (χ4n) is 2.73. The van der Waals surface area contributed by atoms with E-state index >= 15 is 0 Å². The molecule has 8 heteroatoms. The Bertz CT molecular complexity index is 884. The van der Waals surface area contributed by atoms with E-state index in [9.17, 15) is 4.39 Å². The van der Waals surface area contributed by atoms with Gasteiger partial charge in [0.05, 0.1) is 12.9 Å². The molecule has 0 amide bonds. The Labute approximate surface area is 217 Å². The van der Waals surface area contributed by atoms with Gasteiger partial charge in [0.15, 0.2) is 0 Å². The van der Waals surface area contributed by atoms with Crippen molar-refractivity contribution in [1.82, 2.24) is 9.88 Å². The predicted octanol–water partition coefficient (Wildman–Crippen LogP) is 6.08. The van der Waals surface area contributed by atoms with Gasteiger partial charge in [0.1, 0.15) is 17.8 Å². The number of pyridine rings is 1. The van der Waals surface area contributed by atoms with Crippen molar-refractivity contribution >= 4 is 18.4 Å². The van der Waals surface area contributed by atoms with Crippen molar-refractivity contribution in [1.29, 1.82) is 5.41 Å². The number of allylic oxidation sites excluding steroid dienone is 2. The highest BCUT2D eigenvalue weighted by Crippen LogP contribution is 2.21. The van der Waals surface area contributed by atoms with Gasteiger partial charge in [0, 0.05) is 37.2 Å². The molecule has 1 atom stereocenters. The van der Waals surface area contributed by atoms with Crippen LogP contribution in [0.2, 0.25) is 0 Å². The highest BCUT2D eigenvalue weighted by Gasteiger charge is 2.17. The number of hydrazine groups is 1. The summed E-state index contributed by atoms with van der Waals surface area (Å²) in [6.45, 7) is 13.7. The van der Waals surface area contributed by atoms with Gasteiger partial charge in [0.2, 0.25) is 0 Å². The second kappa shape index (κ2) is 23.2. The fraction of sp³-hybridized carbons (Fsp3) is 0.393. The maximum Gasteiger partial charge on any atom is 0.146 e. The molecular formula is C28H46FN7. The van der Waals surface area contributed by atoms with Gasteiger partial charge in [-0.1, -0.05) is 71.0 Å². The molecule has 0 radical (unpaired) electrons. The van der Waals surface area contributed by atoms with Crippen LogP contribution >= 0.6 is 0 Å². The average Bonchev–Trinajstić information content (AvgIpc) is 2.92. The minimum atomic E-state index is -0.308. The molecule has 0 fully saturated rings. The van der Waals surface area contributed by atoms with E-state index in [1.54, 1.807) is 24.4 Å². The Balaban J connectivity index is 0. The van der Waals surface area contributed by atoms with Gasteiger partial charge >= 0.3 is 0 Å². The number of halogens is 1. The molecule has 1 unspecified atom stereocenters. The van der Waals surface area contributed by atoms with Gasteiger partial charge in [0.25, 0.3) is 0 Å². The first-order valence-corrected chi connectivity index (χ1v) is 12.4. The number of nitrogens with zero attached hydrogens (tertiary/aromatic N) is 4. The Morgan fingerprint density at radius 3 is 2.31 bits per heavy atom. The second-order valence-electron chi connectivity index (χ2n) is 6.88. The van der Waals surface area contributed by atoms with Crippen LogP contribution in [0.5, 0.6) is 0 Å². The molecule has 2 rings (SSSR count). The Morgan fingerprint density at radius 1 is 1.14 bits per heavy atom. The van der Waals surface area contributed by atoms with Crippen LogP contribution in [0, 0.1) is 11.2 Å². The smallest absolute Gasteiger partial charge is 0.146 e. The molecule has 0 aliphatic rings. The van der Waals surface area contributed by atoms with Crippen molar-refractivity contribution in [2.45, 2.75) is 66.6 Å². The lowest BCUT2D eigenvalue weighted by molar-refractivity contribution is 0.337. The van der Waals surface area contributed by atoms with Gasteiger partial charge in [-0.25, -0.2) is 15.2 Å². The third-order valence-electron chi connectivity index (χ3n) is 4.45. The molecule has 1 aromatic carbocycles. The highest BCUT2D eigenvalue weighted by molar-refractivity contribution is 5.55. The first-order chi connectivity index (χ1) is 17.5. The lowest BCUT2D eigenvalue weighted by Gasteiger charge is -2.26. The third kappa shape index (κ3) is 14.0. The number of aliphatic imine (C=N–C) groups is 1. The van der Waals surface area contributed by atoms with Crippen LogP contribution in [0.25, 0.3) is 0 Å². The summed E-state index contributed by atoms with van der Waals surface area (Å²) in [7, 11) is 1.88. The SMILES string of the molecule is C=CCC.CC.CC.CN(/C=C/CC=N)C(Cc1cccnc1N(N)Cc1ccccc1F)/N=C/N. The maximum atomic E-state index is 14.0. The summed E-state index contributed by atoms with van der Waals surface area (Å²) >= 11 is 0. The Kier molecular flexibility index (Phi) is 22.4. The van der Waals surface area contributed by atoms with Gasteiger partial charge < -0.3 is 16.0 Å². The van der Waals surface area contributed by atoms with Crippen molar-refractivity contribution in [2.24, 2.45) is 16.6 Å². The van der Waals surface area contributed by atoms with Gasteiger partial charge in [-0.3, -0.25) is 10.0 Å². The largest absolute Gasteiger partial charge is 0.390 e. The Morgan fingerprint density at radius 2 is 1.75 bits per heavy atom. The minimum absolute atomic E-state index is 0.191. The second-order valence-corrected chi connectivity index (χ2v) is 6.88. The molecule has 1 heterocycles. The summed E-state index contributed by atoms with van der Waals surface area (Å²) in [5.41, 5.74) is 6.88. The number of likely N-dealkylation sites (N-methyl/N-ethyl adjacent to an activating group) is 1. The number of hydrogen-bond acceptors (Lipinski definition) is 6. The normalized spacial score (nSPS) is 10.7. The third-order valence-corrected chi connectivity index (χ3v) is 4.45. The van der Waals surface area contributed by atoms with E-state index in [2.05, 4.69) is 23.5 Å². The van der Waals surface area contributed by atoms with Crippen LogP contribution in [0.1, 0.15) is 58.6 Å². The van der Waals surface area contributed by atoms with E-state index < -0.39 is 0 Å². The number of nitrogens with one attached hydrogen (secondary N) is 1. The number of nitrogens with two attached hydrogens (primary N) is 2. The summed E-state index contributed by atoms with van der Waals surface area (Å²) in [4.78, 5) is 10.6. The zero-order valence-electron chi connectivity index (χ0n) is 22.9. The monoisotopic (exact) mass is 499 g/mol. The molecule has 5 N–H and O–H groups in total. The summed E-state index contributed by atoms with van der Waals surface area (Å²) in [5.74, 6) is 6.46. The lowest BCUT2D eigenvalue weighted by atomic mass is 10.1. The van der Waals surface area contributed by atoms with Gasteiger partial charge in [-0.05, 0) is 31.0 Å². The first-order valence-electron chi connectivity index (χ1n) is 12.4. The quantitative estimate of drug-likeness (QED) is 0.114. The molecule has 2 aromatic rings. The zero-order valence-corrected chi connectivity index (χ0v) is 22.9. The van der Waals surface area contributed by atoms with Crippen LogP contribution in [0.15, 0.2) is 72.5 Å². The van der Waals surface area contributed by atoms with E-state index in [0.29, 0.717) is 24.2 Å². The Hall–Kier alpha value is -3.52. The number of benzene rings is 1. The van der Waals surface area contributed by atoms with Crippen LogP contribution in [0.3, 0.4) is 0 Å². The topological polar surface area (TPSA) is 108 Å². The van der Waals surface area contributed by atoms with Crippen LogP contribution in [-0.2, 0) is 13.0 Å². The summed E-state index contributed by atoms with van der Waals surface area (Å²) in [5, 5.41) is 8.53. The molecule has 0 spiro atoms. The first kappa shape index (κ1) is 34.6. The van der Waals surface area contributed by atoms with Crippen LogP contribution < -0.4 is 16.6 Å². The number of aromatic nitrogens is 1. The van der Waals surface area contributed by atoms with E-state index in [1.165, 1.54) is 23.6 Å². The highest BCUT2D eigenvalue weighted by atomic mass is 19.1. The summed E-state index contributed by atoms with van der Waals surface area (Å²) in [6, 6.07) is 10.3. The summed E-state index contributed by atoms with van der Waals surface area (Å²) in [6.07, 6.45) is 11.7. The number of rotatable bonds is 11. The predicted molar refractivity (Wildman–Crippen MR) is 155 cm³/mol. The van der Waals surface area contributed by atoms with Crippen molar-refractivity contribution in [3.05, 3.63) is 84.5 Å². The number of hydrogen-bond donors (Lipinski definition) is 3. The standard InChI is InChI=1S/C20H26FN7.C4H8.2C2H6/c1-27(12-5-4-10-22)19(26-15-23)13-16-8-6-11-25-20(16)28(24)14-17-7-2-3-9-18(17)21;1-3-4-2;2*1-2/h2-3,5-12,15,19,22H,4,13-14,24H2,1H3,(H2,23,26);3H,1,4H2,2H3;2*1-2H3/b12-5+,22-10?;;;. The van der Waals surface area contributed by atoms with Crippen LogP contribution in [-0.4, -0.2) is 35.7 Å². The van der Waals surface area contributed by atoms with E-state index in [4.69, 9.17) is 17.0 Å². The lowest BCUT2D eigenvalue weighted by Crippen LogP contribution is -2.34. The molecule has 36 heavy (non-hydrogen) atoms. The van der Waals surface area contributed by atoms with Gasteiger partial charge in [-0.15, -0.1) is 6.58 Å². The van der Waals surface area contributed by atoms with Crippen molar-refractivity contribution in [3.63, 3.8) is 0 Å². The van der Waals surface area contributed by atoms with Crippen LogP contribution in [0.4, 0.5) is 10.2 Å². The molecule has 7 nitrogen and oxygen atoms in total. The van der Waals surface area contributed by atoms with E-state index in [-0.39, 0.29) is 18.5 Å². The maximum absolute atomic E-state index is 14.0.